The lowest BCUT2D eigenvalue weighted by Gasteiger charge is -2.53. The van der Waals surface area contributed by atoms with E-state index in [0.29, 0.717) is 11.3 Å². The van der Waals surface area contributed by atoms with Crippen molar-refractivity contribution in [3.8, 4) is 5.75 Å². The molecule has 0 aliphatic carbocycles. The summed E-state index contributed by atoms with van der Waals surface area (Å²) in [6, 6.07) is 2.50. The van der Waals surface area contributed by atoms with Gasteiger partial charge in [-0.1, -0.05) is 0 Å². The standard InChI is InChI=1S/C24H28N4O5/c29-20-2-1-18(21(30)26-20)28-22(31)16-9-15-3-6-24(33-19(15)10-17(16)23(28)32)12-27(13-24)11-14-4-7-25-8-5-14/h9-10,14,18,25H,1-8,11-13H2,(H,26,29,30). The van der Waals surface area contributed by atoms with Gasteiger partial charge in [-0.25, -0.2) is 0 Å². The highest BCUT2D eigenvalue weighted by Crippen LogP contribution is 2.42. The average molecular weight is 453 g/mol. The molecule has 1 aromatic rings. The Morgan fingerprint density at radius 3 is 2.42 bits per heavy atom. The van der Waals surface area contributed by atoms with Gasteiger partial charge in [0.2, 0.25) is 11.8 Å². The Hall–Kier alpha value is -2.78. The summed E-state index contributed by atoms with van der Waals surface area (Å²) in [4.78, 5) is 53.4. The van der Waals surface area contributed by atoms with Gasteiger partial charge in [0.15, 0.2) is 0 Å². The van der Waals surface area contributed by atoms with E-state index in [2.05, 4.69) is 15.5 Å². The molecule has 5 aliphatic heterocycles. The van der Waals surface area contributed by atoms with Crippen LogP contribution in [0.15, 0.2) is 12.1 Å². The normalized spacial score (nSPS) is 27.2. The number of fused-ring (bicyclic) bond motifs is 2. The van der Waals surface area contributed by atoms with Crippen molar-refractivity contribution in [1.82, 2.24) is 20.4 Å². The summed E-state index contributed by atoms with van der Waals surface area (Å²) in [6.45, 7) is 5.09. The van der Waals surface area contributed by atoms with Crippen LogP contribution in [-0.2, 0) is 16.0 Å². The zero-order valence-corrected chi connectivity index (χ0v) is 18.5. The number of nitrogens with one attached hydrogen (secondary N) is 2. The predicted molar refractivity (Wildman–Crippen MR) is 117 cm³/mol. The van der Waals surface area contributed by atoms with Crippen LogP contribution in [0.5, 0.6) is 5.75 Å². The van der Waals surface area contributed by atoms with Crippen LogP contribution in [0.3, 0.4) is 0 Å². The topological polar surface area (TPSA) is 108 Å². The van der Waals surface area contributed by atoms with Gasteiger partial charge in [0.1, 0.15) is 17.4 Å². The van der Waals surface area contributed by atoms with Crippen LogP contribution in [0.25, 0.3) is 0 Å². The maximum absolute atomic E-state index is 13.1. The minimum Gasteiger partial charge on any atom is -0.484 e. The molecular weight excluding hydrogens is 424 g/mol. The molecule has 0 saturated carbocycles. The van der Waals surface area contributed by atoms with Crippen LogP contribution < -0.4 is 15.4 Å². The fraction of sp³-hybridized carbons (Fsp3) is 0.583. The second-order valence-corrected chi connectivity index (χ2v) is 10.1. The van der Waals surface area contributed by atoms with Crippen molar-refractivity contribution in [3.63, 3.8) is 0 Å². The van der Waals surface area contributed by atoms with Crippen LogP contribution in [-0.4, -0.2) is 77.8 Å². The molecule has 33 heavy (non-hydrogen) atoms. The molecule has 1 unspecified atom stereocenters. The van der Waals surface area contributed by atoms with Crippen LogP contribution in [0.4, 0.5) is 0 Å². The molecule has 3 saturated heterocycles. The highest BCUT2D eigenvalue weighted by Gasteiger charge is 2.49. The first-order chi connectivity index (χ1) is 15.9. The quantitative estimate of drug-likeness (QED) is 0.642. The molecule has 5 heterocycles. The van der Waals surface area contributed by atoms with E-state index in [1.807, 2.05) is 0 Å². The fourth-order valence-electron chi connectivity index (χ4n) is 6.03. The summed E-state index contributed by atoms with van der Waals surface area (Å²) in [7, 11) is 0. The molecule has 6 rings (SSSR count). The second-order valence-electron chi connectivity index (χ2n) is 10.1. The van der Waals surface area contributed by atoms with Crippen molar-refractivity contribution in [3.05, 3.63) is 28.8 Å². The number of ether oxygens (including phenoxy) is 1. The van der Waals surface area contributed by atoms with Gasteiger partial charge in [-0.15, -0.1) is 0 Å². The molecule has 1 spiro atoms. The van der Waals surface area contributed by atoms with Crippen molar-refractivity contribution in [2.45, 2.75) is 50.2 Å². The largest absolute Gasteiger partial charge is 0.484 e. The van der Waals surface area contributed by atoms with Gasteiger partial charge in [0.25, 0.3) is 11.8 Å². The van der Waals surface area contributed by atoms with E-state index in [9.17, 15) is 19.2 Å². The molecular formula is C24H28N4O5. The van der Waals surface area contributed by atoms with Gasteiger partial charge in [0, 0.05) is 26.1 Å². The predicted octanol–water partition coefficient (Wildman–Crippen LogP) is 0.467. The number of nitrogens with zero attached hydrogens (tertiary/aromatic N) is 2. The van der Waals surface area contributed by atoms with Crippen molar-refractivity contribution >= 4 is 23.6 Å². The summed E-state index contributed by atoms with van der Waals surface area (Å²) in [5, 5.41) is 5.64. The molecule has 0 aromatic heterocycles. The van der Waals surface area contributed by atoms with Crippen molar-refractivity contribution in [1.29, 1.82) is 0 Å². The number of aryl methyl sites for hydroxylation is 1. The highest BCUT2D eigenvalue weighted by atomic mass is 16.5. The summed E-state index contributed by atoms with van der Waals surface area (Å²) >= 11 is 0. The van der Waals surface area contributed by atoms with Gasteiger partial charge < -0.3 is 10.1 Å². The number of rotatable bonds is 3. The first-order valence-corrected chi connectivity index (χ1v) is 11.9. The fourth-order valence-corrected chi connectivity index (χ4v) is 6.03. The van der Waals surface area contributed by atoms with Gasteiger partial charge in [-0.2, -0.15) is 0 Å². The molecule has 4 amide bonds. The monoisotopic (exact) mass is 452 g/mol. The Labute approximate surface area is 191 Å². The molecule has 1 atom stereocenters. The molecule has 2 N–H and O–H groups in total. The number of imide groups is 2. The number of likely N-dealkylation sites (tertiary alicyclic amines) is 1. The maximum atomic E-state index is 13.1. The Balaban J connectivity index is 1.17. The Morgan fingerprint density at radius 2 is 1.70 bits per heavy atom. The molecule has 0 radical (unpaired) electrons. The van der Waals surface area contributed by atoms with E-state index in [1.165, 1.54) is 12.8 Å². The van der Waals surface area contributed by atoms with Crippen LogP contribution in [0.2, 0.25) is 0 Å². The first-order valence-electron chi connectivity index (χ1n) is 11.9. The third kappa shape index (κ3) is 3.45. The van der Waals surface area contributed by atoms with E-state index in [0.717, 1.165) is 61.9 Å². The number of carbonyl (C=O) groups is 4. The SMILES string of the molecule is O=C1CCC(N2C(=O)c3cc4c(cc3C2=O)OC2(CC4)CN(CC3CCNCC3)C2)C(=O)N1. The highest BCUT2D eigenvalue weighted by molar-refractivity contribution is 6.23. The number of amides is 4. The molecule has 9 heteroatoms. The maximum Gasteiger partial charge on any atom is 0.262 e. The molecule has 3 fully saturated rings. The summed E-state index contributed by atoms with van der Waals surface area (Å²) in [6.07, 6.45) is 4.39. The van der Waals surface area contributed by atoms with Crippen LogP contribution >= 0.6 is 0 Å². The molecule has 0 bridgehead atoms. The number of piperidine rings is 2. The zero-order valence-electron chi connectivity index (χ0n) is 18.5. The summed E-state index contributed by atoms with van der Waals surface area (Å²) in [5.74, 6) is -0.515. The summed E-state index contributed by atoms with van der Waals surface area (Å²) in [5.41, 5.74) is 1.32. The Bertz CT molecular complexity index is 1060. The number of hydrogen-bond donors (Lipinski definition) is 2. The number of hydrogen-bond acceptors (Lipinski definition) is 7. The minimum atomic E-state index is -0.949. The first kappa shape index (κ1) is 20.8. The third-order valence-electron chi connectivity index (χ3n) is 7.80. The van der Waals surface area contributed by atoms with Crippen molar-refractivity contribution in [2.24, 2.45) is 5.92 Å². The van der Waals surface area contributed by atoms with E-state index in [1.54, 1.807) is 12.1 Å². The molecule has 174 valence electrons. The third-order valence-corrected chi connectivity index (χ3v) is 7.80. The molecule has 5 aliphatic rings. The zero-order chi connectivity index (χ0) is 22.7. The Morgan fingerprint density at radius 1 is 0.970 bits per heavy atom. The molecule has 9 nitrogen and oxygen atoms in total. The van der Waals surface area contributed by atoms with E-state index < -0.39 is 23.8 Å². The van der Waals surface area contributed by atoms with E-state index in [4.69, 9.17) is 4.74 Å². The van der Waals surface area contributed by atoms with Gasteiger partial charge in [0.05, 0.1) is 11.1 Å². The average Bonchev–Trinajstić information content (AvgIpc) is 3.02. The lowest BCUT2D eigenvalue weighted by atomic mass is 9.82. The van der Waals surface area contributed by atoms with E-state index in [-0.39, 0.29) is 29.9 Å². The number of carbonyl (C=O) groups excluding carboxylic acids is 4. The van der Waals surface area contributed by atoms with Crippen molar-refractivity contribution < 1.29 is 23.9 Å². The van der Waals surface area contributed by atoms with Crippen LogP contribution in [0, 0.1) is 5.92 Å². The number of benzene rings is 1. The lowest BCUT2D eigenvalue weighted by molar-refractivity contribution is -0.136. The second kappa shape index (κ2) is 7.63. The van der Waals surface area contributed by atoms with Crippen molar-refractivity contribution in [2.75, 3.05) is 32.7 Å². The smallest absolute Gasteiger partial charge is 0.262 e. The Kier molecular flexibility index (Phi) is 4.81. The molecule has 1 aromatic carbocycles. The van der Waals surface area contributed by atoms with Gasteiger partial charge in [-0.05, 0) is 68.8 Å². The summed E-state index contributed by atoms with van der Waals surface area (Å²) < 4.78 is 6.44. The van der Waals surface area contributed by atoms with E-state index >= 15 is 0 Å². The van der Waals surface area contributed by atoms with Crippen LogP contribution in [0.1, 0.15) is 58.4 Å². The van der Waals surface area contributed by atoms with Gasteiger partial charge in [-0.3, -0.25) is 34.3 Å². The lowest BCUT2D eigenvalue weighted by Crippen LogP contribution is -2.66. The minimum absolute atomic E-state index is 0.111. The van der Waals surface area contributed by atoms with Gasteiger partial charge >= 0.3 is 0 Å².